The van der Waals surface area contributed by atoms with E-state index < -0.39 is 11.6 Å². The predicted molar refractivity (Wildman–Crippen MR) is 151 cm³/mol. The van der Waals surface area contributed by atoms with E-state index in [0.29, 0.717) is 11.4 Å². The van der Waals surface area contributed by atoms with E-state index in [2.05, 4.69) is 24.4 Å². The SMILES string of the molecule is Cc1ccccc1CSCC(=O)N(Cc1ccccc1Cl)[C@@H](Cc1ccccc1)C(=O)NC(C)(C)C. The molecule has 0 bridgehead atoms. The van der Waals surface area contributed by atoms with Gasteiger partial charge in [0.2, 0.25) is 11.8 Å². The van der Waals surface area contributed by atoms with Crippen molar-refractivity contribution in [2.45, 2.75) is 58.0 Å². The number of carbonyl (C=O) groups is 2. The quantitative estimate of drug-likeness (QED) is 0.333. The van der Waals surface area contributed by atoms with E-state index in [4.69, 9.17) is 11.6 Å². The molecule has 0 aliphatic heterocycles. The molecule has 0 saturated heterocycles. The molecule has 0 aromatic heterocycles. The van der Waals surface area contributed by atoms with Gasteiger partial charge in [-0.2, -0.15) is 0 Å². The molecule has 0 saturated carbocycles. The molecular weight excluding hydrogens is 488 g/mol. The highest BCUT2D eigenvalue weighted by atomic mass is 35.5. The summed E-state index contributed by atoms with van der Waals surface area (Å²) in [5.41, 5.74) is 3.80. The first kappa shape index (κ1) is 27.8. The smallest absolute Gasteiger partial charge is 0.243 e. The number of thioether (sulfide) groups is 1. The summed E-state index contributed by atoms with van der Waals surface area (Å²) in [5.74, 6) is 0.747. The standard InChI is InChI=1S/C30H35ClN2O2S/c1-22-12-8-9-16-25(22)20-36-21-28(34)33(19-24-15-10-11-17-26(24)31)27(29(35)32-30(2,3)4)18-23-13-6-5-7-14-23/h5-17,27H,18-21H2,1-4H3,(H,32,35)/t27-/m0/s1. The third-order valence-corrected chi connectivity index (χ3v) is 7.15. The molecule has 1 atom stereocenters. The molecule has 0 fully saturated rings. The van der Waals surface area contributed by atoms with Gasteiger partial charge >= 0.3 is 0 Å². The highest BCUT2D eigenvalue weighted by molar-refractivity contribution is 7.99. The van der Waals surface area contributed by atoms with Gasteiger partial charge in [0.25, 0.3) is 0 Å². The summed E-state index contributed by atoms with van der Waals surface area (Å²) < 4.78 is 0. The highest BCUT2D eigenvalue weighted by Crippen LogP contribution is 2.23. The van der Waals surface area contributed by atoms with Crippen molar-refractivity contribution in [2.75, 3.05) is 5.75 Å². The Morgan fingerprint density at radius 2 is 1.53 bits per heavy atom. The van der Waals surface area contributed by atoms with Gasteiger partial charge in [0.05, 0.1) is 5.75 Å². The summed E-state index contributed by atoms with van der Waals surface area (Å²) in [5, 5.41) is 3.67. The van der Waals surface area contributed by atoms with Gasteiger partial charge in [0.15, 0.2) is 0 Å². The van der Waals surface area contributed by atoms with Crippen LogP contribution in [0, 0.1) is 6.92 Å². The average Bonchev–Trinajstić information content (AvgIpc) is 2.83. The average molecular weight is 523 g/mol. The molecule has 0 unspecified atom stereocenters. The van der Waals surface area contributed by atoms with Crippen molar-refractivity contribution >= 4 is 35.2 Å². The third-order valence-electron chi connectivity index (χ3n) is 5.81. The third kappa shape index (κ3) is 8.42. The molecule has 2 amide bonds. The Labute approximate surface area is 224 Å². The molecule has 0 aliphatic rings. The highest BCUT2D eigenvalue weighted by Gasteiger charge is 2.32. The van der Waals surface area contributed by atoms with Crippen LogP contribution in [-0.4, -0.2) is 34.0 Å². The van der Waals surface area contributed by atoms with Crippen LogP contribution in [0.5, 0.6) is 0 Å². The van der Waals surface area contributed by atoms with Crippen LogP contribution in [0.1, 0.15) is 43.0 Å². The lowest BCUT2D eigenvalue weighted by atomic mass is 10.0. The van der Waals surface area contributed by atoms with Crippen LogP contribution in [0.25, 0.3) is 0 Å². The minimum absolute atomic E-state index is 0.0847. The van der Waals surface area contributed by atoms with E-state index in [1.807, 2.05) is 87.5 Å². The molecule has 1 N–H and O–H groups in total. The Balaban J connectivity index is 1.89. The molecule has 0 radical (unpaired) electrons. The van der Waals surface area contributed by atoms with Gasteiger partial charge in [-0.25, -0.2) is 0 Å². The Morgan fingerprint density at radius 3 is 2.17 bits per heavy atom. The van der Waals surface area contributed by atoms with Crippen LogP contribution in [0.15, 0.2) is 78.9 Å². The van der Waals surface area contributed by atoms with Crippen LogP contribution in [-0.2, 0) is 28.3 Å². The summed E-state index contributed by atoms with van der Waals surface area (Å²) in [6.45, 7) is 8.18. The molecule has 0 spiro atoms. The summed E-state index contributed by atoms with van der Waals surface area (Å²) >= 11 is 8.05. The number of benzene rings is 3. The molecule has 6 heteroatoms. The molecule has 0 heterocycles. The topological polar surface area (TPSA) is 49.4 Å². The zero-order valence-electron chi connectivity index (χ0n) is 21.5. The number of hydrogen-bond acceptors (Lipinski definition) is 3. The molecule has 4 nitrogen and oxygen atoms in total. The number of amides is 2. The van der Waals surface area contributed by atoms with Gasteiger partial charge < -0.3 is 10.2 Å². The van der Waals surface area contributed by atoms with Gasteiger partial charge in [-0.05, 0) is 56.0 Å². The zero-order valence-corrected chi connectivity index (χ0v) is 23.0. The van der Waals surface area contributed by atoms with Crippen molar-refractivity contribution < 1.29 is 9.59 Å². The number of aryl methyl sites for hydroxylation is 1. The van der Waals surface area contributed by atoms with E-state index in [9.17, 15) is 9.59 Å². The van der Waals surface area contributed by atoms with Crippen molar-refractivity contribution in [3.05, 3.63) is 106 Å². The van der Waals surface area contributed by atoms with Crippen LogP contribution in [0.2, 0.25) is 5.02 Å². The van der Waals surface area contributed by atoms with Gasteiger partial charge in [0.1, 0.15) is 6.04 Å². The molecule has 0 aliphatic carbocycles. The van der Waals surface area contributed by atoms with Gasteiger partial charge in [-0.1, -0.05) is 84.4 Å². The first-order valence-electron chi connectivity index (χ1n) is 12.1. The normalized spacial score (nSPS) is 12.1. The van der Waals surface area contributed by atoms with Crippen molar-refractivity contribution in [1.82, 2.24) is 10.2 Å². The van der Waals surface area contributed by atoms with E-state index in [0.717, 1.165) is 16.9 Å². The fourth-order valence-corrected chi connectivity index (χ4v) is 5.10. The van der Waals surface area contributed by atoms with Crippen LogP contribution in [0.4, 0.5) is 0 Å². The number of hydrogen-bond donors (Lipinski definition) is 1. The molecule has 3 rings (SSSR count). The van der Waals surface area contributed by atoms with E-state index in [-0.39, 0.29) is 24.1 Å². The Kier molecular flexibility index (Phi) is 10.0. The number of nitrogens with one attached hydrogen (secondary N) is 1. The first-order valence-corrected chi connectivity index (χ1v) is 13.7. The monoisotopic (exact) mass is 522 g/mol. The second kappa shape index (κ2) is 13.0. The summed E-state index contributed by atoms with van der Waals surface area (Å²) in [6.07, 6.45) is 0.418. The van der Waals surface area contributed by atoms with Gasteiger partial charge in [0, 0.05) is 29.3 Å². The van der Waals surface area contributed by atoms with Gasteiger partial charge in [-0.15, -0.1) is 11.8 Å². The zero-order chi connectivity index (χ0) is 26.1. The summed E-state index contributed by atoms with van der Waals surface area (Å²) in [4.78, 5) is 29.0. The summed E-state index contributed by atoms with van der Waals surface area (Å²) in [7, 11) is 0. The first-order chi connectivity index (χ1) is 17.1. The maximum Gasteiger partial charge on any atom is 0.243 e. The Hall–Kier alpha value is -2.76. The minimum atomic E-state index is -0.672. The lowest BCUT2D eigenvalue weighted by Gasteiger charge is -2.34. The van der Waals surface area contributed by atoms with E-state index in [1.165, 1.54) is 11.1 Å². The Bertz CT molecular complexity index is 1160. The molecule has 3 aromatic carbocycles. The molecule has 36 heavy (non-hydrogen) atoms. The molecule has 190 valence electrons. The number of rotatable bonds is 10. The van der Waals surface area contributed by atoms with Crippen molar-refractivity contribution in [3.8, 4) is 0 Å². The molecule has 3 aromatic rings. The maximum atomic E-state index is 13.7. The number of carbonyl (C=O) groups excluding carboxylic acids is 2. The summed E-state index contributed by atoms with van der Waals surface area (Å²) in [6, 6.07) is 24.8. The van der Waals surface area contributed by atoms with Crippen LogP contribution in [0.3, 0.4) is 0 Å². The number of nitrogens with zero attached hydrogens (tertiary/aromatic N) is 1. The van der Waals surface area contributed by atoms with Crippen molar-refractivity contribution in [3.63, 3.8) is 0 Å². The van der Waals surface area contributed by atoms with E-state index >= 15 is 0 Å². The largest absolute Gasteiger partial charge is 0.350 e. The lowest BCUT2D eigenvalue weighted by molar-refractivity contribution is -0.140. The molecular formula is C30H35ClN2O2S. The fourth-order valence-electron chi connectivity index (χ4n) is 3.92. The Morgan fingerprint density at radius 1 is 0.917 bits per heavy atom. The van der Waals surface area contributed by atoms with Gasteiger partial charge in [-0.3, -0.25) is 9.59 Å². The van der Waals surface area contributed by atoms with Crippen LogP contribution < -0.4 is 5.32 Å². The predicted octanol–water partition coefficient (Wildman–Crippen LogP) is 6.44. The van der Waals surface area contributed by atoms with Crippen molar-refractivity contribution in [2.24, 2.45) is 0 Å². The fraction of sp³-hybridized carbons (Fsp3) is 0.333. The minimum Gasteiger partial charge on any atom is -0.350 e. The second-order valence-corrected chi connectivity index (χ2v) is 11.4. The van der Waals surface area contributed by atoms with Crippen molar-refractivity contribution in [1.29, 1.82) is 0 Å². The van der Waals surface area contributed by atoms with Crippen LogP contribution >= 0.6 is 23.4 Å². The van der Waals surface area contributed by atoms with E-state index in [1.54, 1.807) is 16.7 Å². The maximum absolute atomic E-state index is 13.7. The lowest BCUT2D eigenvalue weighted by Crippen LogP contribution is -2.54. The second-order valence-electron chi connectivity index (χ2n) is 9.98. The number of halogens is 1.